The van der Waals surface area contributed by atoms with Crippen molar-refractivity contribution in [1.82, 2.24) is 14.6 Å². The topological polar surface area (TPSA) is 82.3 Å². The van der Waals surface area contributed by atoms with Gasteiger partial charge in [-0.3, -0.25) is 4.79 Å². The number of aromatic nitrogens is 1. The van der Waals surface area contributed by atoms with Crippen LogP contribution in [0.5, 0.6) is 0 Å². The van der Waals surface area contributed by atoms with Gasteiger partial charge in [-0.25, -0.2) is 13.1 Å². The summed E-state index contributed by atoms with van der Waals surface area (Å²) in [4.78, 5) is 18.2. The molecule has 1 aromatic heterocycles. The molecule has 3 aromatic rings. The van der Waals surface area contributed by atoms with E-state index in [9.17, 15) is 13.2 Å². The van der Waals surface area contributed by atoms with E-state index in [1.807, 2.05) is 18.3 Å². The van der Waals surface area contributed by atoms with E-state index < -0.39 is 10.0 Å². The summed E-state index contributed by atoms with van der Waals surface area (Å²) in [6, 6.07) is 14.5. The molecule has 7 heteroatoms. The fraction of sp³-hybridized carbons (Fsp3) is 0.261. The fourth-order valence-electron chi connectivity index (χ4n) is 3.88. The van der Waals surface area contributed by atoms with Crippen molar-refractivity contribution in [1.29, 1.82) is 0 Å². The van der Waals surface area contributed by atoms with Crippen LogP contribution in [0.4, 0.5) is 0 Å². The van der Waals surface area contributed by atoms with Crippen LogP contribution in [0.3, 0.4) is 0 Å². The molecule has 1 aliphatic heterocycles. The molecule has 1 amide bonds. The zero-order valence-electron chi connectivity index (χ0n) is 16.5. The summed E-state index contributed by atoms with van der Waals surface area (Å²) in [6.45, 7) is 1.17. The van der Waals surface area contributed by atoms with E-state index in [0.29, 0.717) is 18.7 Å². The predicted octanol–water partition coefficient (Wildman–Crippen LogP) is 3.54. The largest absolute Gasteiger partial charge is 0.361 e. The number of amides is 1. The summed E-state index contributed by atoms with van der Waals surface area (Å²) in [5.74, 6) is -0.0803. The number of carbonyl (C=O) groups is 1. The van der Waals surface area contributed by atoms with Crippen molar-refractivity contribution in [2.24, 2.45) is 0 Å². The standard InChI is InChI=1S/C23H23N3O3S/c27-23(17-5-9-19(10-6-17)30(28,29)25-18-7-8-18)26-13-11-16(12-14-26)21-15-24-22-4-2-1-3-20(21)22/h1-6,9-11,15,18,24-25H,7-8,12-14H2. The molecule has 6 nitrogen and oxygen atoms in total. The van der Waals surface area contributed by atoms with Gasteiger partial charge in [0.1, 0.15) is 0 Å². The maximum atomic E-state index is 12.9. The third-order valence-electron chi connectivity index (χ3n) is 5.74. The summed E-state index contributed by atoms with van der Waals surface area (Å²) in [5, 5.41) is 1.19. The first-order valence-corrected chi connectivity index (χ1v) is 11.7. The Morgan fingerprint density at radius 2 is 1.83 bits per heavy atom. The molecule has 2 N–H and O–H groups in total. The molecule has 2 aliphatic rings. The monoisotopic (exact) mass is 421 g/mol. The van der Waals surface area contributed by atoms with Crippen LogP contribution in [-0.4, -0.2) is 43.3 Å². The molecule has 2 aromatic carbocycles. The number of aromatic amines is 1. The average molecular weight is 422 g/mol. The molecule has 0 atom stereocenters. The first-order valence-electron chi connectivity index (χ1n) is 10.2. The third-order valence-corrected chi connectivity index (χ3v) is 7.28. The van der Waals surface area contributed by atoms with Gasteiger partial charge in [-0.1, -0.05) is 24.3 Å². The highest BCUT2D eigenvalue weighted by Crippen LogP contribution is 2.29. The third kappa shape index (κ3) is 3.66. The van der Waals surface area contributed by atoms with E-state index in [-0.39, 0.29) is 16.8 Å². The Bertz CT molecular complexity index is 1240. The Morgan fingerprint density at radius 3 is 2.53 bits per heavy atom. The van der Waals surface area contributed by atoms with Gasteiger partial charge >= 0.3 is 0 Å². The van der Waals surface area contributed by atoms with E-state index in [1.54, 1.807) is 17.0 Å². The smallest absolute Gasteiger partial charge is 0.254 e. The van der Waals surface area contributed by atoms with Crippen LogP contribution >= 0.6 is 0 Å². The van der Waals surface area contributed by atoms with E-state index >= 15 is 0 Å². The van der Waals surface area contributed by atoms with Crippen LogP contribution in [0.15, 0.2) is 65.7 Å². The number of carbonyl (C=O) groups excluding carboxylic acids is 1. The first-order chi connectivity index (χ1) is 14.5. The normalized spacial score (nSPS) is 17.2. The molecule has 0 unspecified atom stereocenters. The lowest BCUT2D eigenvalue weighted by molar-refractivity contribution is 0.0773. The average Bonchev–Trinajstić information content (AvgIpc) is 3.47. The minimum absolute atomic E-state index is 0.0581. The van der Waals surface area contributed by atoms with Gasteiger partial charge < -0.3 is 9.88 Å². The first kappa shape index (κ1) is 19.1. The second-order valence-corrected chi connectivity index (χ2v) is 9.61. The van der Waals surface area contributed by atoms with Gasteiger partial charge in [0.15, 0.2) is 0 Å². The minimum Gasteiger partial charge on any atom is -0.361 e. The minimum atomic E-state index is -3.50. The van der Waals surface area contributed by atoms with Crippen LogP contribution in [0.2, 0.25) is 0 Å². The highest BCUT2D eigenvalue weighted by molar-refractivity contribution is 7.89. The Morgan fingerprint density at radius 1 is 1.07 bits per heavy atom. The number of hydrogen-bond acceptors (Lipinski definition) is 3. The molecule has 154 valence electrons. The molecule has 5 rings (SSSR count). The van der Waals surface area contributed by atoms with Gasteiger partial charge in [-0.15, -0.1) is 0 Å². The van der Waals surface area contributed by atoms with Crippen LogP contribution in [-0.2, 0) is 10.0 Å². The number of benzene rings is 2. The highest BCUT2D eigenvalue weighted by Gasteiger charge is 2.28. The van der Waals surface area contributed by atoms with Crippen molar-refractivity contribution in [3.05, 3.63) is 71.9 Å². The van der Waals surface area contributed by atoms with Gasteiger partial charge in [0.25, 0.3) is 5.91 Å². The number of rotatable bonds is 5. The predicted molar refractivity (Wildman–Crippen MR) is 117 cm³/mol. The summed E-state index contributed by atoms with van der Waals surface area (Å²) >= 11 is 0. The van der Waals surface area contributed by atoms with E-state index in [2.05, 4.69) is 27.9 Å². The lowest BCUT2D eigenvalue weighted by atomic mass is 9.98. The maximum Gasteiger partial charge on any atom is 0.254 e. The molecule has 0 bridgehead atoms. The van der Waals surface area contributed by atoms with Gasteiger partial charge in [0.2, 0.25) is 10.0 Å². The highest BCUT2D eigenvalue weighted by atomic mass is 32.2. The molecule has 1 aliphatic carbocycles. The fourth-order valence-corrected chi connectivity index (χ4v) is 5.19. The zero-order valence-corrected chi connectivity index (χ0v) is 17.3. The molecule has 0 saturated heterocycles. The maximum absolute atomic E-state index is 12.9. The van der Waals surface area contributed by atoms with Crippen LogP contribution in [0.1, 0.15) is 35.2 Å². The lowest BCUT2D eigenvalue weighted by Crippen LogP contribution is -2.34. The Balaban J connectivity index is 1.29. The van der Waals surface area contributed by atoms with E-state index in [4.69, 9.17) is 0 Å². The number of nitrogens with one attached hydrogen (secondary N) is 2. The van der Waals surface area contributed by atoms with E-state index in [1.165, 1.54) is 28.7 Å². The van der Waals surface area contributed by atoms with Crippen molar-refractivity contribution < 1.29 is 13.2 Å². The second kappa shape index (κ2) is 7.41. The summed E-state index contributed by atoms with van der Waals surface area (Å²) in [5.41, 5.74) is 4.04. The molecule has 1 fully saturated rings. The number of fused-ring (bicyclic) bond motifs is 1. The molecule has 30 heavy (non-hydrogen) atoms. The molecular weight excluding hydrogens is 398 g/mol. The van der Waals surface area contributed by atoms with Gasteiger partial charge in [-0.05, 0) is 55.2 Å². The summed E-state index contributed by atoms with van der Waals surface area (Å²) < 4.78 is 27.2. The van der Waals surface area contributed by atoms with Gasteiger partial charge in [0.05, 0.1) is 4.90 Å². The number of para-hydroxylation sites is 1. The molecule has 2 heterocycles. The quantitative estimate of drug-likeness (QED) is 0.661. The van der Waals surface area contributed by atoms with Crippen LogP contribution < -0.4 is 4.72 Å². The Hall–Kier alpha value is -2.90. The van der Waals surface area contributed by atoms with Gasteiger partial charge in [-0.2, -0.15) is 0 Å². The van der Waals surface area contributed by atoms with Crippen molar-refractivity contribution >= 4 is 32.4 Å². The Labute approximate surface area is 175 Å². The van der Waals surface area contributed by atoms with Crippen molar-refractivity contribution in [2.75, 3.05) is 13.1 Å². The number of H-pyrrole nitrogens is 1. The summed E-state index contributed by atoms with van der Waals surface area (Å²) in [6.07, 6.45) is 6.70. The Kier molecular flexibility index (Phi) is 4.72. The SMILES string of the molecule is O=C(c1ccc(S(=O)(=O)NC2CC2)cc1)N1CC=C(c2c[nH]c3ccccc23)CC1. The molecule has 0 spiro atoms. The second-order valence-electron chi connectivity index (χ2n) is 7.90. The summed E-state index contributed by atoms with van der Waals surface area (Å²) in [7, 11) is -3.50. The zero-order chi connectivity index (χ0) is 20.7. The van der Waals surface area contributed by atoms with Crippen LogP contribution in [0, 0.1) is 0 Å². The van der Waals surface area contributed by atoms with Crippen LogP contribution in [0.25, 0.3) is 16.5 Å². The molecule has 1 saturated carbocycles. The van der Waals surface area contributed by atoms with Crippen molar-refractivity contribution in [3.63, 3.8) is 0 Å². The van der Waals surface area contributed by atoms with Crippen molar-refractivity contribution in [3.8, 4) is 0 Å². The van der Waals surface area contributed by atoms with E-state index in [0.717, 1.165) is 24.8 Å². The van der Waals surface area contributed by atoms with Gasteiger partial charge in [0, 0.05) is 47.4 Å². The number of hydrogen-bond donors (Lipinski definition) is 2. The number of sulfonamides is 1. The number of nitrogens with zero attached hydrogens (tertiary/aromatic N) is 1. The van der Waals surface area contributed by atoms with Crippen molar-refractivity contribution in [2.45, 2.75) is 30.2 Å². The molecular formula is C23H23N3O3S. The lowest BCUT2D eigenvalue weighted by Gasteiger charge is -2.26. The molecule has 0 radical (unpaired) electrons.